The highest BCUT2D eigenvalue weighted by Crippen LogP contribution is 2.18. The molecule has 0 saturated heterocycles. The Labute approximate surface area is 161 Å². The fourth-order valence-electron chi connectivity index (χ4n) is 2.45. The molecule has 6 heteroatoms. The number of carbonyl (C=O) groups is 1. The lowest BCUT2D eigenvalue weighted by Gasteiger charge is -2.28. The lowest BCUT2D eigenvalue weighted by Crippen LogP contribution is -2.39. The van der Waals surface area contributed by atoms with Crippen LogP contribution in [0.15, 0.2) is 36.4 Å². The summed E-state index contributed by atoms with van der Waals surface area (Å²) in [6, 6.07) is 11.6. The van der Waals surface area contributed by atoms with Crippen LogP contribution in [0.1, 0.15) is 50.8 Å². The Bertz CT molecular complexity index is 720. The Morgan fingerprint density at radius 2 is 1.96 bits per heavy atom. The fourth-order valence-corrected chi connectivity index (χ4v) is 2.45. The number of benzene rings is 1. The lowest BCUT2D eigenvalue weighted by molar-refractivity contribution is 0.0511. The highest BCUT2D eigenvalue weighted by molar-refractivity contribution is 5.87. The maximum absolute atomic E-state index is 12.3. The van der Waals surface area contributed by atoms with E-state index in [1.54, 1.807) is 17.7 Å². The molecule has 148 valence electrons. The topological polar surface area (TPSA) is 65.4 Å². The Morgan fingerprint density at radius 3 is 2.59 bits per heavy atom. The van der Waals surface area contributed by atoms with E-state index >= 15 is 0 Å². The van der Waals surface area contributed by atoms with Crippen molar-refractivity contribution >= 4 is 5.97 Å². The lowest BCUT2D eigenvalue weighted by atomic mass is 9.88. The summed E-state index contributed by atoms with van der Waals surface area (Å²) in [6.07, 6.45) is 0. The van der Waals surface area contributed by atoms with Crippen molar-refractivity contribution in [1.82, 2.24) is 15.1 Å². The van der Waals surface area contributed by atoms with Crippen molar-refractivity contribution in [2.45, 2.75) is 53.8 Å². The minimum Gasteiger partial charge on any atom is -0.487 e. The summed E-state index contributed by atoms with van der Waals surface area (Å²) in [4.78, 5) is 12.3. The molecule has 0 aliphatic rings. The van der Waals surface area contributed by atoms with E-state index in [-0.39, 0.29) is 11.4 Å². The molecule has 0 unspecified atom stereocenters. The van der Waals surface area contributed by atoms with E-state index in [1.165, 1.54) is 0 Å². The first-order valence-electron chi connectivity index (χ1n) is 9.46. The summed E-state index contributed by atoms with van der Waals surface area (Å²) < 4.78 is 12.6. The van der Waals surface area contributed by atoms with Gasteiger partial charge in [-0.05, 0) is 37.5 Å². The number of para-hydroxylation sites is 1. The summed E-state index contributed by atoms with van der Waals surface area (Å²) in [5, 5.41) is 8.03. The maximum Gasteiger partial charge on any atom is 0.356 e. The zero-order valence-corrected chi connectivity index (χ0v) is 17.0. The Kier molecular flexibility index (Phi) is 7.42. The summed E-state index contributed by atoms with van der Waals surface area (Å²) in [5.74, 6) is 0.408. The van der Waals surface area contributed by atoms with Gasteiger partial charge in [-0.25, -0.2) is 4.79 Å². The van der Waals surface area contributed by atoms with Crippen LogP contribution in [0, 0.1) is 5.41 Å². The molecular formula is C21H31N3O3. The van der Waals surface area contributed by atoms with Crippen molar-refractivity contribution in [3.63, 3.8) is 0 Å². The van der Waals surface area contributed by atoms with E-state index < -0.39 is 0 Å². The van der Waals surface area contributed by atoms with Gasteiger partial charge in [0.15, 0.2) is 0 Å². The Balaban J connectivity index is 2.04. The van der Waals surface area contributed by atoms with Crippen LogP contribution < -0.4 is 10.1 Å². The number of esters is 1. The number of hydrogen-bond donors (Lipinski definition) is 1. The van der Waals surface area contributed by atoms with Gasteiger partial charge in [0, 0.05) is 12.6 Å². The van der Waals surface area contributed by atoms with E-state index in [1.807, 2.05) is 30.3 Å². The van der Waals surface area contributed by atoms with Gasteiger partial charge in [-0.2, -0.15) is 5.10 Å². The number of nitrogens with one attached hydrogen (secondary N) is 1. The van der Waals surface area contributed by atoms with Crippen LogP contribution in [0.3, 0.4) is 0 Å². The molecule has 1 N–H and O–H groups in total. The number of rotatable bonds is 9. The minimum atomic E-state index is -0.361. The molecule has 0 bridgehead atoms. The maximum atomic E-state index is 12.3. The normalized spacial score (nSPS) is 12.6. The first-order valence-corrected chi connectivity index (χ1v) is 9.46. The predicted octanol–water partition coefficient (Wildman–Crippen LogP) is 3.66. The second-order valence-corrected chi connectivity index (χ2v) is 7.61. The molecule has 0 aliphatic heterocycles. The van der Waals surface area contributed by atoms with Gasteiger partial charge in [-0.15, -0.1) is 0 Å². The molecule has 1 heterocycles. The second kappa shape index (κ2) is 9.55. The summed E-state index contributed by atoms with van der Waals surface area (Å²) >= 11 is 0. The highest BCUT2D eigenvalue weighted by atomic mass is 16.5. The van der Waals surface area contributed by atoms with E-state index in [2.05, 4.69) is 38.1 Å². The van der Waals surface area contributed by atoms with Crippen molar-refractivity contribution in [3.05, 3.63) is 47.8 Å². The zero-order valence-electron chi connectivity index (χ0n) is 17.0. The molecule has 1 aromatic carbocycles. The highest BCUT2D eigenvalue weighted by Gasteiger charge is 2.20. The SMILES string of the molecule is CCOC(=O)c1cc(COc2ccccc2)nn1CCN[C@H](C)C(C)(C)C. The van der Waals surface area contributed by atoms with Crippen LogP contribution in [-0.2, 0) is 17.9 Å². The van der Waals surface area contributed by atoms with Crippen LogP contribution in [0.2, 0.25) is 0 Å². The van der Waals surface area contributed by atoms with Crippen molar-refractivity contribution < 1.29 is 14.3 Å². The molecule has 1 aromatic heterocycles. The molecule has 2 aromatic rings. The molecule has 2 rings (SSSR count). The number of aromatic nitrogens is 2. The summed E-state index contributed by atoms with van der Waals surface area (Å²) in [6.45, 7) is 12.5. The molecule has 0 spiro atoms. The second-order valence-electron chi connectivity index (χ2n) is 7.61. The first-order chi connectivity index (χ1) is 12.8. The molecule has 0 radical (unpaired) electrons. The van der Waals surface area contributed by atoms with E-state index in [9.17, 15) is 4.79 Å². The van der Waals surface area contributed by atoms with Gasteiger partial charge < -0.3 is 14.8 Å². The van der Waals surface area contributed by atoms with Crippen molar-refractivity contribution in [3.8, 4) is 5.75 Å². The predicted molar refractivity (Wildman–Crippen MR) is 106 cm³/mol. The largest absolute Gasteiger partial charge is 0.487 e. The van der Waals surface area contributed by atoms with Crippen molar-refractivity contribution in [1.29, 1.82) is 0 Å². The van der Waals surface area contributed by atoms with Gasteiger partial charge in [-0.1, -0.05) is 39.0 Å². The quantitative estimate of drug-likeness (QED) is 0.680. The van der Waals surface area contributed by atoms with E-state index in [0.29, 0.717) is 43.7 Å². The molecule has 0 fully saturated rings. The van der Waals surface area contributed by atoms with Gasteiger partial charge in [0.25, 0.3) is 0 Å². The average Bonchev–Trinajstić information content (AvgIpc) is 3.03. The third kappa shape index (κ3) is 6.40. The van der Waals surface area contributed by atoms with E-state index in [4.69, 9.17) is 9.47 Å². The average molecular weight is 373 g/mol. The van der Waals surface area contributed by atoms with Gasteiger partial charge >= 0.3 is 5.97 Å². The molecule has 1 atom stereocenters. The van der Waals surface area contributed by atoms with Gasteiger partial charge in [0.1, 0.15) is 23.7 Å². The van der Waals surface area contributed by atoms with Gasteiger partial charge in [0.2, 0.25) is 0 Å². The van der Waals surface area contributed by atoms with Gasteiger partial charge in [-0.3, -0.25) is 4.68 Å². The van der Waals surface area contributed by atoms with Crippen LogP contribution in [0.5, 0.6) is 5.75 Å². The Morgan fingerprint density at radius 1 is 1.26 bits per heavy atom. The minimum absolute atomic E-state index is 0.169. The zero-order chi connectivity index (χ0) is 19.9. The summed E-state index contributed by atoms with van der Waals surface area (Å²) in [5.41, 5.74) is 1.32. The molecule has 0 aliphatic carbocycles. The monoisotopic (exact) mass is 373 g/mol. The fraction of sp³-hybridized carbons (Fsp3) is 0.524. The number of hydrogen-bond acceptors (Lipinski definition) is 5. The molecule has 0 saturated carbocycles. The molecular weight excluding hydrogens is 342 g/mol. The van der Waals surface area contributed by atoms with Crippen molar-refractivity contribution in [2.24, 2.45) is 5.41 Å². The van der Waals surface area contributed by atoms with Crippen molar-refractivity contribution in [2.75, 3.05) is 13.2 Å². The number of ether oxygens (including phenoxy) is 2. The van der Waals surface area contributed by atoms with E-state index in [0.717, 1.165) is 5.75 Å². The van der Waals surface area contributed by atoms with Crippen LogP contribution in [-0.4, -0.2) is 34.9 Å². The van der Waals surface area contributed by atoms with Gasteiger partial charge in [0.05, 0.1) is 13.2 Å². The standard InChI is InChI=1S/C21H31N3O3/c1-6-26-20(25)19-14-17(15-27-18-10-8-7-9-11-18)23-24(19)13-12-22-16(2)21(3,4)5/h7-11,14,16,22H,6,12-13,15H2,1-5H3/t16-/m1/s1. The number of carbonyl (C=O) groups excluding carboxylic acids is 1. The van der Waals surface area contributed by atoms with Crippen LogP contribution >= 0.6 is 0 Å². The van der Waals surface area contributed by atoms with Crippen LogP contribution in [0.4, 0.5) is 0 Å². The first kappa shape index (κ1) is 21.0. The summed E-state index contributed by atoms with van der Waals surface area (Å²) in [7, 11) is 0. The number of nitrogens with zero attached hydrogens (tertiary/aromatic N) is 2. The van der Waals surface area contributed by atoms with Crippen LogP contribution in [0.25, 0.3) is 0 Å². The third-order valence-electron chi connectivity index (χ3n) is 4.52. The molecule has 6 nitrogen and oxygen atoms in total. The molecule has 0 amide bonds. The Hall–Kier alpha value is -2.34. The smallest absolute Gasteiger partial charge is 0.356 e. The third-order valence-corrected chi connectivity index (χ3v) is 4.52. The molecule has 27 heavy (non-hydrogen) atoms.